The molecule has 0 fully saturated rings. The van der Waals surface area contributed by atoms with Crippen LogP contribution in [-0.4, -0.2) is 8.96 Å². The van der Waals surface area contributed by atoms with Gasteiger partial charge < -0.3 is 0 Å². The van der Waals surface area contributed by atoms with Crippen LogP contribution in [0.4, 0.5) is 8.78 Å². The zero-order valence-corrected chi connectivity index (χ0v) is 13.7. The summed E-state index contributed by atoms with van der Waals surface area (Å²) in [5.74, 6) is 0. The van der Waals surface area contributed by atoms with E-state index in [1.807, 2.05) is 20.8 Å². The van der Waals surface area contributed by atoms with Crippen LogP contribution in [0.2, 0.25) is 0 Å². The van der Waals surface area contributed by atoms with Crippen LogP contribution in [0.1, 0.15) is 51.3 Å². The summed E-state index contributed by atoms with van der Waals surface area (Å²) in [5, 5.41) is 0. The van der Waals surface area contributed by atoms with Gasteiger partial charge in [-0.1, -0.05) is 18.2 Å². The van der Waals surface area contributed by atoms with E-state index in [-0.39, 0.29) is 11.6 Å². The van der Waals surface area contributed by atoms with Crippen molar-refractivity contribution in [3.05, 3.63) is 33.8 Å². The molecule has 19 heavy (non-hydrogen) atoms. The second-order valence-corrected chi connectivity index (χ2v) is 8.06. The van der Waals surface area contributed by atoms with Crippen LogP contribution in [0.5, 0.6) is 0 Å². The maximum Gasteiger partial charge on any atom is 0.264 e. The van der Waals surface area contributed by atoms with E-state index in [0.717, 1.165) is 0 Å². The zero-order valence-electron chi connectivity index (χ0n) is 11.3. The lowest BCUT2D eigenvalue weighted by Gasteiger charge is -2.23. The van der Waals surface area contributed by atoms with Crippen LogP contribution < -0.4 is 4.72 Å². The molecule has 0 radical (unpaired) electrons. The number of hydrogen-bond acceptors (Lipinski definition) is 1. The van der Waals surface area contributed by atoms with Gasteiger partial charge in [-0.05, 0) is 49.2 Å². The Kier molecular flexibility index (Phi) is 5.65. The first-order valence-corrected chi connectivity index (χ1v) is 7.83. The van der Waals surface area contributed by atoms with Crippen LogP contribution in [-0.2, 0) is 11.0 Å². The molecule has 0 aliphatic carbocycles. The van der Waals surface area contributed by atoms with Gasteiger partial charge in [0.05, 0.1) is 15.7 Å². The quantitative estimate of drug-likeness (QED) is 0.848. The van der Waals surface area contributed by atoms with Crippen LogP contribution in [0.3, 0.4) is 0 Å². The van der Waals surface area contributed by atoms with Crippen LogP contribution in [0, 0.1) is 0 Å². The van der Waals surface area contributed by atoms with Crippen molar-refractivity contribution in [1.82, 2.24) is 4.72 Å². The van der Waals surface area contributed by atoms with Crippen LogP contribution in [0.15, 0.2) is 22.7 Å². The standard InChI is InChI=1S/C13H18BrF2NOS/c1-8(17-19(18)13(2,3)4)9-6-5-7-10(11(9)14)12(15)16/h5-8,12,17H,1-4H3/t8?,19-/m1/s1. The monoisotopic (exact) mass is 353 g/mol. The lowest BCUT2D eigenvalue weighted by atomic mass is 10.1. The zero-order chi connectivity index (χ0) is 14.8. The van der Waals surface area contributed by atoms with E-state index < -0.39 is 22.2 Å². The highest BCUT2D eigenvalue weighted by molar-refractivity contribution is 9.10. The molecule has 108 valence electrons. The van der Waals surface area contributed by atoms with Gasteiger partial charge in [0.15, 0.2) is 0 Å². The average molecular weight is 354 g/mol. The van der Waals surface area contributed by atoms with Gasteiger partial charge >= 0.3 is 0 Å². The summed E-state index contributed by atoms with van der Waals surface area (Å²) < 4.78 is 40.6. The van der Waals surface area contributed by atoms with E-state index in [2.05, 4.69) is 20.7 Å². The summed E-state index contributed by atoms with van der Waals surface area (Å²) in [7, 11) is -1.25. The Bertz CT molecular complexity index is 474. The topological polar surface area (TPSA) is 29.1 Å². The molecule has 1 rings (SSSR count). The Balaban J connectivity index is 2.98. The summed E-state index contributed by atoms with van der Waals surface area (Å²) >= 11 is 3.20. The van der Waals surface area contributed by atoms with Crippen molar-refractivity contribution in [2.45, 2.75) is 44.9 Å². The first-order chi connectivity index (χ1) is 8.64. The Morgan fingerprint density at radius 2 is 1.79 bits per heavy atom. The van der Waals surface area contributed by atoms with Crippen molar-refractivity contribution in [2.24, 2.45) is 0 Å². The van der Waals surface area contributed by atoms with Gasteiger partial charge in [0.1, 0.15) is 0 Å². The van der Waals surface area contributed by atoms with Crippen molar-refractivity contribution in [2.75, 3.05) is 0 Å². The second kappa shape index (κ2) is 6.41. The minimum Gasteiger partial charge on any atom is -0.242 e. The van der Waals surface area contributed by atoms with Crippen molar-refractivity contribution >= 4 is 26.9 Å². The molecule has 0 spiro atoms. The minimum absolute atomic E-state index is 0.0484. The fraction of sp³-hybridized carbons (Fsp3) is 0.538. The molecule has 1 N–H and O–H groups in total. The van der Waals surface area contributed by atoms with Gasteiger partial charge in [-0.2, -0.15) is 0 Å². The van der Waals surface area contributed by atoms with Gasteiger partial charge in [0, 0.05) is 16.1 Å². The molecule has 0 aliphatic heterocycles. The van der Waals surface area contributed by atoms with Gasteiger partial charge in [-0.25, -0.2) is 17.7 Å². The number of hydrogen-bond donors (Lipinski definition) is 1. The van der Waals surface area contributed by atoms with Crippen molar-refractivity contribution in [3.63, 3.8) is 0 Å². The Morgan fingerprint density at radius 3 is 2.26 bits per heavy atom. The first-order valence-electron chi connectivity index (χ1n) is 5.89. The molecule has 0 heterocycles. The van der Waals surface area contributed by atoms with Gasteiger partial charge in [0.25, 0.3) is 6.43 Å². The number of alkyl halides is 2. The molecule has 0 saturated heterocycles. The molecular formula is C13H18BrF2NOS. The highest BCUT2D eigenvalue weighted by Crippen LogP contribution is 2.33. The molecule has 0 aliphatic rings. The lowest BCUT2D eigenvalue weighted by molar-refractivity contribution is 0.150. The molecule has 0 saturated carbocycles. The molecule has 1 aromatic rings. The Hall–Kier alpha value is -0.330. The summed E-state index contributed by atoms with van der Waals surface area (Å²) in [5.41, 5.74) is 0.628. The van der Waals surface area contributed by atoms with E-state index in [4.69, 9.17) is 0 Å². The maximum absolute atomic E-state index is 12.8. The number of rotatable bonds is 4. The van der Waals surface area contributed by atoms with Crippen molar-refractivity contribution < 1.29 is 13.0 Å². The predicted molar refractivity (Wildman–Crippen MR) is 78.5 cm³/mol. The SMILES string of the molecule is CC(N[S@](=O)C(C)(C)C)c1cccc(C(F)F)c1Br. The molecule has 0 aromatic heterocycles. The van der Waals surface area contributed by atoms with E-state index in [1.165, 1.54) is 6.07 Å². The van der Waals surface area contributed by atoms with Crippen LogP contribution >= 0.6 is 15.9 Å². The van der Waals surface area contributed by atoms with E-state index in [9.17, 15) is 13.0 Å². The highest BCUT2D eigenvalue weighted by Gasteiger charge is 2.23. The molecule has 2 atom stereocenters. The average Bonchev–Trinajstić information content (AvgIpc) is 2.27. The normalized spacial score (nSPS) is 15.6. The highest BCUT2D eigenvalue weighted by atomic mass is 79.9. The minimum atomic E-state index is -2.53. The lowest BCUT2D eigenvalue weighted by Crippen LogP contribution is -2.35. The smallest absolute Gasteiger partial charge is 0.242 e. The summed E-state index contributed by atoms with van der Waals surface area (Å²) in [6, 6.07) is 4.42. The third-order valence-corrected chi connectivity index (χ3v) is 5.20. The molecule has 2 nitrogen and oxygen atoms in total. The summed E-state index contributed by atoms with van der Waals surface area (Å²) in [6.07, 6.45) is -2.53. The third-order valence-electron chi connectivity index (χ3n) is 2.60. The fourth-order valence-corrected chi connectivity index (χ4v) is 3.05. The maximum atomic E-state index is 12.8. The van der Waals surface area contributed by atoms with Gasteiger partial charge in [-0.3, -0.25) is 0 Å². The molecule has 1 aromatic carbocycles. The van der Waals surface area contributed by atoms with E-state index >= 15 is 0 Å². The van der Waals surface area contributed by atoms with Gasteiger partial charge in [-0.15, -0.1) is 0 Å². The number of benzene rings is 1. The second-order valence-electron chi connectivity index (χ2n) is 5.27. The fourth-order valence-electron chi connectivity index (χ4n) is 1.47. The van der Waals surface area contributed by atoms with Crippen molar-refractivity contribution in [3.8, 4) is 0 Å². The predicted octanol–water partition coefficient (Wildman–Crippen LogP) is 4.50. The van der Waals surface area contributed by atoms with Crippen molar-refractivity contribution in [1.29, 1.82) is 0 Å². The molecule has 1 unspecified atom stereocenters. The summed E-state index contributed by atoms with van der Waals surface area (Å²) in [4.78, 5) is 0. The van der Waals surface area contributed by atoms with E-state index in [1.54, 1.807) is 19.1 Å². The Labute approximate surface area is 123 Å². The molecule has 0 bridgehead atoms. The molecule has 6 heteroatoms. The van der Waals surface area contributed by atoms with E-state index in [0.29, 0.717) is 10.0 Å². The van der Waals surface area contributed by atoms with Gasteiger partial charge in [0.2, 0.25) is 0 Å². The first kappa shape index (κ1) is 16.7. The third kappa shape index (κ3) is 4.33. The number of nitrogens with one attached hydrogen (secondary N) is 1. The summed E-state index contributed by atoms with van der Waals surface area (Å²) in [6.45, 7) is 7.37. The molecular weight excluding hydrogens is 336 g/mol. The molecule has 0 amide bonds. The van der Waals surface area contributed by atoms with Crippen LogP contribution in [0.25, 0.3) is 0 Å². The largest absolute Gasteiger partial charge is 0.264 e. The number of halogens is 3. The Morgan fingerprint density at radius 1 is 1.26 bits per heavy atom.